The molecule has 0 saturated heterocycles. The lowest BCUT2D eigenvalue weighted by Crippen LogP contribution is -2.40. The molecule has 0 heterocycles. The monoisotopic (exact) mass is 223 g/mol. The lowest BCUT2D eigenvalue weighted by molar-refractivity contribution is 0.188. The molecular formula is C13H21NO2. The van der Waals surface area contributed by atoms with Gasteiger partial charge in [0.05, 0.1) is 13.2 Å². The van der Waals surface area contributed by atoms with Crippen LogP contribution in [0.5, 0.6) is 5.75 Å². The van der Waals surface area contributed by atoms with Crippen molar-refractivity contribution >= 4 is 0 Å². The van der Waals surface area contributed by atoms with Gasteiger partial charge < -0.3 is 15.6 Å². The van der Waals surface area contributed by atoms with Crippen molar-refractivity contribution in [3.63, 3.8) is 0 Å². The van der Waals surface area contributed by atoms with E-state index in [0.717, 1.165) is 18.6 Å². The summed E-state index contributed by atoms with van der Waals surface area (Å²) in [5, 5.41) is 8.98. The average molecular weight is 223 g/mol. The smallest absolute Gasteiger partial charge is 0.119 e. The summed E-state index contributed by atoms with van der Waals surface area (Å²) in [6.45, 7) is 4.53. The van der Waals surface area contributed by atoms with Gasteiger partial charge in [0.1, 0.15) is 5.75 Å². The van der Waals surface area contributed by atoms with E-state index in [-0.39, 0.29) is 6.61 Å². The molecule has 0 aliphatic heterocycles. The molecule has 0 aliphatic rings. The average Bonchev–Trinajstić information content (AvgIpc) is 2.25. The van der Waals surface area contributed by atoms with E-state index in [4.69, 9.17) is 15.6 Å². The summed E-state index contributed by atoms with van der Waals surface area (Å²) in [7, 11) is 0. The molecule has 1 rings (SSSR count). The number of hydrogen-bond donors (Lipinski definition) is 2. The van der Waals surface area contributed by atoms with Gasteiger partial charge in [0.2, 0.25) is 0 Å². The normalized spacial score (nSPS) is 14.5. The Morgan fingerprint density at radius 3 is 2.81 bits per heavy atom. The maximum absolute atomic E-state index is 8.98. The van der Waals surface area contributed by atoms with E-state index in [9.17, 15) is 0 Å². The number of hydrogen-bond acceptors (Lipinski definition) is 3. The highest BCUT2D eigenvalue weighted by atomic mass is 16.5. The van der Waals surface area contributed by atoms with Gasteiger partial charge in [-0.05, 0) is 44.4 Å². The van der Waals surface area contributed by atoms with Gasteiger partial charge in [0.15, 0.2) is 0 Å². The van der Waals surface area contributed by atoms with Crippen molar-refractivity contribution in [2.75, 3.05) is 13.2 Å². The molecule has 0 bridgehead atoms. The topological polar surface area (TPSA) is 55.5 Å². The number of aliphatic hydroxyl groups excluding tert-OH is 1. The van der Waals surface area contributed by atoms with E-state index in [1.54, 1.807) is 0 Å². The van der Waals surface area contributed by atoms with E-state index in [0.29, 0.717) is 6.61 Å². The fourth-order valence-corrected chi connectivity index (χ4v) is 1.45. The van der Waals surface area contributed by atoms with Gasteiger partial charge in [-0.1, -0.05) is 12.1 Å². The van der Waals surface area contributed by atoms with Crippen molar-refractivity contribution in [2.24, 2.45) is 5.73 Å². The Morgan fingerprint density at radius 2 is 2.19 bits per heavy atom. The standard InChI is InChI=1S/C13H21NO2/c1-11-5-3-6-12(9-11)16-8-4-7-13(2,14)10-15/h3,5-6,9,15H,4,7-8,10,14H2,1-2H3. The van der Waals surface area contributed by atoms with Crippen molar-refractivity contribution in [1.29, 1.82) is 0 Å². The van der Waals surface area contributed by atoms with Crippen LogP contribution in [0.4, 0.5) is 0 Å². The predicted molar refractivity (Wildman–Crippen MR) is 65.6 cm³/mol. The summed E-state index contributed by atoms with van der Waals surface area (Å²) in [5.41, 5.74) is 6.52. The van der Waals surface area contributed by atoms with E-state index >= 15 is 0 Å². The van der Waals surface area contributed by atoms with Gasteiger partial charge in [0, 0.05) is 5.54 Å². The number of aliphatic hydroxyl groups is 1. The molecule has 0 aromatic heterocycles. The van der Waals surface area contributed by atoms with Crippen LogP contribution >= 0.6 is 0 Å². The number of ether oxygens (including phenoxy) is 1. The van der Waals surface area contributed by atoms with Crippen LogP contribution in [0.25, 0.3) is 0 Å². The molecule has 0 spiro atoms. The quantitative estimate of drug-likeness (QED) is 0.724. The number of nitrogens with two attached hydrogens (primary N) is 1. The van der Waals surface area contributed by atoms with Gasteiger partial charge in [0.25, 0.3) is 0 Å². The summed E-state index contributed by atoms with van der Waals surface area (Å²) in [6.07, 6.45) is 1.61. The first-order valence-corrected chi connectivity index (χ1v) is 5.63. The van der Waals surface area contributed by atoms with Gasteiger partial charge >= 0.3 is 0 Å². The van der Waals surface area contributed by atoms with Gasteiger partial charge in [-0.3, -0.25) is 0 Å². The molecule has 0 saturated carbocycles. The molecule has 90 valence electrons. The molecule has 0 fully saturated rings. The van der Waals surface area contributed by atoms with Gasteiger partial charge in [-0.15, -0.1) is 0 Å². The molecular weight excluding hydrogens is 202 g/mol. The van der Waals surface area contributed by atoms with Crippen LogP contribution in [0.3, 0.4) is 0 Å². The zero-order valence-corrected chi connectivity index (χ0v) is 10.1. The van der Waals surface area contributed by atoms with Crippen molar-refractivity contribution in [3.05, 3.63) is 29.8 Å². The minimum atomic E-state index is -0.490. The minimum absolute atomic E-state index is 0.0114. The van der Waals surface area contributed by atoms with Crippen molar-refractivity contribution in [2.45, 2.75) is 32.2 Å². The summed E-state index contributed by atoms with van der Waals surface area (Å²) < 4.78 is 5.59. The maximum Gasteiger partial charge on any atom is 0.119 e. The van der Waals surface area contributed by atoms with Gasteiger partial charge in [-0.25, -0.2) is 0 Å². The lowest BCUT2D eigenvalue weighted by Gasteiger charge is -2.21. The molecule has 0 aliphatic carbocycles. The van der Waals surface area contributed by atoms with Crippen molar-refractivity contribution in [1.82, 2.24) is 0 Å². The second-order valence-corrected chi connectivity index (χ2v) is 4.58. The third kappa shape index (κ3) is 4.64. The first-order chi connectivity index (χ1) is 7.53. The zero-order valence-electron chi connectivity index (χ0n) is 10.1. The van der Waals surface area contributed by atoms with E-state index in [1.807, 2.05) is 38.1 Å². The molecule has 0 radical (unpaired) electrons. The molecule has 1 atom stereocenters. The summed E-state index contributed by atoms with van der Waals surface area (Å²) in [4.78, 5) is 0. The molecule has 16 heavy (non-hydrogen) atoms. The summed E-state index contributed by atoms with van der Waals surface area (Å²) >= 11 is 0. The Kier molecular flexibility index (Phi) is 4.77. The Hall–Kier alpha value is -1.06. The number of benzene rings is 1. The highest BCUT2D eigenvalue weighted by Crippen LogP contribution is 2.14. The number of aryl methyl sites for hydroxylation is 1. The van der Waals surface area contributed by atoms with E-state index in [1.165, 1.54) is 5.56 Å². The van der Waals surface area contributed by atoms with Crippen LogP contribution in [-0.2, 0) is 0 Å². The molecule has 1 unspecified atom stereocenters. The first kappa shape index (κ1) is 13.0. The second-order valence-electron chi connectivity index (χ2n) is 4.58. The first-order valence-electron chi connectivity index (χ1n) is 5.63. The lowest BCUT2D eigenvalue weighted by atomic mass is 9.99. The molecule has 0 amide bonds. The van der Waals surface area contributed by atoms with Crippen LogP contribution in [0.15, 0.2) is 24.3 Å². The zero-order chi connectivity index (χ0) is 12.0. The molecule has 1 aromatic carbocycles. The Bertz CT molecular complexity index is 323. The van der Waals surface area contributed by atoms with Crippen LogP contribution in [0, 0.1) is 6.92 Å². The molecule has 3 heteroatoms. The van der Waals surface area contributed by atoms with Crippen molar-refractivity contribution in [3.8, 4) is 5.75 Å². The van der Waals surface area contributed by atoms with E-state index in [2.05, 4.69) is 0 Å². The fraction of sp³-hybridized carbons (Fsp3) is 0.538. The second kappa shape index (κ2) is 5.87. The fourth-order valence-electron chi connectivity index (χ4n) is 1.45. The third-order valence-corrected chi connectivity index (χ3v) is 2.51. The maximum atomic E-state index is 8.98. The largest absolute Gasteiger partial charge is 0.494 e. The predicted octanol–water partition coefficient (Wildman–Crippen LogP) is 1.86. The SMILES string of the molecule is Cc1cccc(OCCCC(C)(N)CO)c1. The number of rotatable bonds is 6. The highest BCUT2D eigenvalue weighted by molar-refractivity contribution is 5.27. The van der Waals surface area contributed by atoms with E-state index < -0.39 is 5.54 Å². The molecule has 3 N–H and O–H groups in total. The molecule has 1 aromatic rings. The molecule has 3 nitrogen and oxygen atoms in total. The Balaban J connectivity index is 2.26. The summed E-state index contributed by atoms with van der Waals surface area (Å²) in [5.74, 6) is 0.891. The van der Waals surface area contributed by atoms with Crippen LogP contribution in [0.2, 0.25) is 0 Å². The Morgan fingerprint density at radius 1 is 1.44 bits per heavy atom. The summed E-state index contributed by atoms with van der Waals surface area (Å²) in [6, 6.07) is 7.97. The van der Waals surface area contributed by atoms with Crippen LogP contribution in [0.1, 0.15) is 25.3 Å². The minimum Gasteiger partial charge on any atom is -0.494 e. The highest BCUT2D eigenvalue weighted by Gasteiger charge is 2.15. The van der Waals surface area contributed by atoms with Crippen molar-refractivity contribution < 1.29 is 9.84 Å². The third-order valence-electron chi connectivity index (χ3n) is 2.51. The van der Waals surface area contributed by atoms with Gasteiger partial charge in [-0.2, -0.15) is 0 Å². The van der Waals surface area contributed by atoms with Crippen LogP contribution < -0.4 is 10.5 Å². The Labute approximate surface area is 97.2 Å². The van der Waals surface area contributed by atoms with Crippen LogP contribution in [-0.4, -0.2) is 23.9 Å².